The topological polar surface area (TPSA) is 116 Å². The molecule has 0 aliphatic carbocycles. The van der Waals surface area contributed by atoms with Crippen LogP contribution in [0.1, 0.15) is 23.5 Å². The van der Waals surface area contributed by atoms with Crippen LogP contribution >= 0.6 is 11.3 Å². The molecule has 0 spiro atoms. The highest BCUT2D eigenvalue weighted by Gasteiger charge is 2.44. The second kappa shape index (κ2) is 5.17. The lowest BCUT2D eigenvalue weighted by Gasteiger charge is -2.15. The molecule has 0 aromatic carbocycles. The zero-order chi connectivity index (χ0) is 15.8. The predicted molar refractivity (Wildman–Crippen MR) is 74.2 cm³/mol. The third kappa shape index (κ3) is 2.87. The van der Waals surface area contributed by atoms with Crippen molar-refractivity contribution in [3.63, 3.8) is 0 Å². The number of aromatic carboxylic acids is 1. The van der Waals surface area contributed by atoms with E-state index in [4.69, 9.17) is 5.11 Å². The first-order valence-corrected chi connectivity index (χ1v) is 6.85. The minimum absolute atomic E-state index is 0.0131. The maximum atomic E-state index is 11.9. The second-order valence-corrected chi connectivity index (χ2v) is 5.88. The van der Waals surface area contributed by atoms with Crippen LogP contribution in [-0.4, -0.2) is 45.9 Å². The fourth-order valence-corrected chi connectivity index (χ4v) is 2.56. The molecule has 1 aromatic heterocycles. The first kappa shape index (κ1) is 15.0. The second-order valence-electron chi connectivity index (χ2n) is 4.96. The van der Waals surface area contributed by atoms with Crippen LogP contribution in [-0.2, 0) is 9.59 Å². The largest absolute Gasteiger partial charge is 0.477 e. The summed E-state index contributed by atoms with van der Waals surface area (Å²) in [6, 6.07) is 0.797. The molecule has 4 amide bonds. The molecule has 1 aliphatic rings. The van der Waals surface area contributed by atoms with Gasteiger partial charge in [0.1, 0.15) is 17.0 Å². The highest BCUT2D eigenvalue weighted by atomic mass is 32.1. The molecule has 8 nitrogen and oxygen atoms in total. The average Bonchev–Trinajstić information content (AvgIpc) is 2.88. The maximum absolute atomic E-state index is 11.9. The fourth-order valence-electron chi connectivity index (χ4n) is 1.87. The number of nitrogens with zero attached hydrogens (tertiary/aromatic N) is 1. The van der Waals surface area contributed by atoms with Gasteiger partial charge in [-0.3, -0.25) is 14.5 Å². The molecule has 0 unspecified atom stereocenters. The van der Waals surface area contributed by atoms with Gasteiger partial charge in [-0.05, 0) is 25.3 Å². The summed E-state index contributed by atoms with van der Waals surface area (Å²) in [6.45, 7) is 2.60. The number of imide groups is 1. The van der Waals surface area contributed by atoms with E-state index >= 15 is 0 Å². The van der Waals surface area contributed by atoms with Crippen molar-refractivity contribution in [1.82, 2.24) is 10.2 Å². The maximum Gasteiger partial charge on any atom is 0.348 e. The van der Waals surface area contributed by atoms with E-state index in [0.29, 0.717) is 0 Å². The summed E-state index contributed by atoms with van der Waals surface area (Å²) < 4.78 is 0. The lowest BCUT2D eigenvalue weighted by molar-refractivity contribution is -0.132. The summed E-state index contributed by atoms with van der Waals surface area (Å²) in [4.78, 5) is 47.1. The highest BCUT2D eigenvalue weighted by molar-refractivity contribution is 7.12. The predicted octanol–water partition coefficient (Wildman–Crippen LogP) is 0.715. The molecule has 112 valence electrons. The van der Waals surface area contributed by atoms with Crippen molar-refractivity contribution in [1.29, 1.82) is 0 Å². The Hall–Kier alpha value is -2.42. The minimum atomic E-state index is -1.16. The number of urea groups is 1. The molecule has 2 heterocycles. The van der Waals surface area contributed by atoms with Gasteiger partial charge in [0.05, 0.1) is 5.69 Å². The van der Waals surface area contributed by atoms with E-state index in [2.05, 4.69) is 10.6 Å². The Kier molecular flexibility index (Phi) is 3.69. The van der Waals surface area contributed by atoms with Crippen molar-refractivity contribution in [3.05, 3.63) is 16.3 Å². The van der Waals surface area contributed by atoms with E-state index in [0.717, 1.165) is 16.2 Å². The number of carbonyl (C=O) groups excluding carboxylic acids is 3. The molecule has 0 radical (unpaired) electrons. The molecule has 9 heteroatoms. The molecule has 1 fully saturated rings. The number of carboxylic acid groups (broad SMARTS) is 1. The smallest absolute Gasteiger partial charge is 0.348 e. The van der Waals surface area contributed by atoms with Crippen LogP contribution in [0.4, 0.5) is 10.5 Å². The number of carbonyl (C=O) groups is 4. The van der Waals surface area contributed by atoms with Gasteiger partial charge in [0.2, 0.25) is 5.91 Å². The minimum Gasteiger partial charge on any atom is -0.477 e. The Morgan fingerprint density at radius 1 is 1.43 bits per heavy atom. The van der Waals surface area contributed by atoms with Gasteiger partial charge in [-0.2, -0.15) is 0 Å². The Balaban J connectivity index is 2.06. The molecule has 1 aromatic rings. The summed E-state index contributed by atoms with van der Waals surface area (Å²) in [6.07, 6.45) is 0. The van der Waals surface area contributed by atoms with E-state index in [9.17, 15) is 19.2 Å². The summed E-state index contributed by atoms with van der Waals surface area (Å²) >= 11 is 0.969. The third-order valence-electron chi connectivity index (χ3n) is 2.88. The number of hydrogen-bond acceptors (Lipinski definition) is 5. The van der Waals surface area contributed by atoms with Gasteiger partial charge in [-0.15, -0.1) is 11.3 Å². The SMILES string of the molecule is CC1(C)NC(=O)N(CC(=O)Nc2ccsc2C(=O)O)C1=O. The molecular weight excluding hydrogens is 298 g/mol. The van der Waals surface area contributed by atoms with Gasteiger partial charge in [-0.25, -0.2) is 9.59 Å². The van der Waals surface area contributed by atoms with E-state index in [1.54, 1.807) is 0 Å². The number of anilines is 1. The number of rotatable bonds is 4. The van der Waals surface area contributed by atoms with Crippen LogP contribution in [0.5, 0.6) is 0 Å². The van der Waals surface area contributed by atoms with Gasteiger partial charge in [0.25, 0.3) is 5.91 Å². The molecule has 1 aliphatic heterocycles. The molecule has 2 rings (SSSR count). The lowest BCUT2D eigenvalue weighted by Crippen LogP contribution is -2.41. The van der Waals surface area contributed by atoms with Crippen molar-refractivity contribution in [2.24, 2.45) is 0 Å². The van der Waals surface area contributed by atoms with Gasteiger partial charge in [-0.1, -0.05) is 0 Å². The normalized spacial score (nSPS) is 16.8. The van der Waals surface area contributed by atoms with Crippen molar-refractivity contribution >= 4 is 40.8 Å². The number of carboxylic acids is 1. The summed E-state index contributed by atoms with van der Waals surface area (Å²) in [5.41, 5.74) is -0.907. The fraction of sp³-hybridized carbons (Fsp3) is 0.333. The van der Waals surface area contributed by atoms with Gasteiger partial charge >= 0.3 is 12.0 Å². The summed E-state index contributed by atoms with van der Waals surface area (Å²) in [5, 5.41) is 15.3. The Labute approximate surface area is 123 Å². The quantitative estimate of drug-likeness (QED) is 0.708. The number of amides is 4. The van der Waals surface area contributed by atoms with E-state index in [1.165, 1.54) is 25.3 Å². The van der Waals surface area contributed by atoms with Crippen LogP contribution in [0, 0.1) is 0 Å². The van der Waals surface area contributed by atoms with E-state index < -0.39 is 35.9 Å². The van der Waals surface area contributed by atoms with E-state index in [-0.39, 0.29) is 10.6 Å². The van der Waals surface area contributed by atoms with Crippen LogP contribution in [0.2, 0.25) is 0 Å². The van der Waals surface area contributed by atoms with Crippen molar-refractivity contribution in [3.8, 4) is 0 Å². The van der Waals surface area contributed by atoms with Crippen molar-refractivity contribution in [2.75, 3.05) is 11.9 Å². The Morgan fingerprint density at radius 3 is 2.62 bits per heavy atom. The molecular formula is C12H13N3O5S. The van der Waals surface area contributed by atoms with Crippen LogP contribution in [0.15, 0.2) is 11.4 Å². The summed E-state index contributed by atoms with van der Waals surface area (Å²) in [5.74, 6) is -2.31. The first-order chi connectivity index (χ1) is 9.72. The van der Waals surface area contributed by atoms with E-state index in [1.807, 2.05) is 0 Å². The molecule has 3 N–H and O–H groups in total. The zero-order valence-corrected chi connectivity index (χ0v) is 12.1. The Morgan fingerprint density at radius 2 is 2.10 bits per heavy atom. The van der Waals surface area contributed by atoms with Crippen LogP contribution in [0.3, 0.4) is 0 Å². The number of hydrogen-bond donors (Lipinski definition) is 3. The van der Waals surface area contributed by atoms with Crippen molar-refractivity contribution in [2.45, 2.75) is 19.4 Å². The van der Waals surface area contributed by atoms with Crippen molar-refractivity contribution < 1.29 is 24.3 Å². The van der Waals surface area contributed by atoms with Crippen LogP contribution < -0.4 is 10.6 Å². The van der Waals surface area contributed by atoms with Crippen LogP contribution in [0.25, 0.3) is 0 Å². The average molecular weight is 311 g/mol. The number of nitrogens with one attached hydrogen (secondary N) is 2. The zero-order valence-electron chi connectivity index (χ0n) is 11.3. The molecule has 1 saturated heterocycles. The number of thiophene rings is 1. The Bertz CT molecular complexity index is 637. The summed E-state index contributed by atoms with van der Waals surface area (Å²) in [7, 11) is 0. The molecule has 0 atom stereocenters. The molecule has 0 saturated carbocycles. The molecule has 21 heavy (non-hydrogen) atoms. The first-order valence-electron chi connectivity index (χ1n) is 5.97. The monoisotopic (exact) mass is 311 g/mol. The van der Waals surface area contributed by atoms with Gasteiger partial charge < -0.3 is 15.7 Å². The molecule has 0 bridgehead atoms. The standard InChI is InChI=1S/C12H13N3O5S/c1-12(2)10(19)15(11(20)14-12)5-7(16)13-6-3-4-21-8(6)9(17)18/h3-4H,5H2,1-2H3,(H,13,16)(H,14,20)(H,17,18). The van der Waals surface area contributed by atoms with Gasteiger partial charge in [0.15, 0.2) is 0 Å². The highest BCUT2D eigenvalue weighted by Crippen LogP contribution is 2.22. The lowest BCUT2D eigenvalue weighted by atomic mass is 10.1. The van der Waals surface area contributed by atoms with Gasteiger partial charge in [0, 0.05) is 0 Å². The third-order valence-corrected chi connectivity index (χ3v) is 3.78.